The largest absolute Gasteiger partial charge is 0.495 e. The highest BCUT2D eigenvalue weighted by atomic mass is 79.9. The molecule has 0 aliphatic rings. The first kappa shape index (κ1) is 13.5. The molecule has 0 saturated heterocycles. The van der Waals surface area contributed by atoms with Gasteiger partial charge in [0.2, 0.25) is 0 Å². The monoisotopic (exact) mass is 297 g/mol. The lowest BCUT2D eigenvalue weighted by atomic mass is 10.0. The third-order valence-corrected chi connectivity index (χ3v) is 2.79. The van der Waals surface area contributed by atoms with Crippen LogP contribution in [0.5, 0.6) is 5.75 Å². The van der Waals surface area contributed by atoms with Crippen LogP contribution in [0, 0.1) is 11.3 Å². The standard InChI is InChI=1S/C12H12BrNO3/c1-3-17-11(15)6-9-8(7-14)4-5-10(13)12(9)16-2/h4-5H,3,6H2,1-2H3. The number of nitrogens with zero attached hydrogens (tertiary/aromatic N) is 1. The van der Waals surface area contributed by atoms with Crippen molar-refractivity contribution in [2.45, 2.75) is 13.3 Å². The summed E-state index contributed by atoms with van der Waals surface area (Å²) in [5, 5.41) is 9.00. The molecule has 4 nitrogen and oxygen atoms in total. The van der Waals surface area contributed by atoms with Crippen molar-refractivity contribution >= 4 is 21.9 Å². The van der Waals surface area contributed by atoms with E-state index >= 15 is 0 Å². The van der Waals surface area contributed by atoms with Gasteiger partial charge in [-0.1, -0.05) is 0 Å². The zero-order valence-electron chi connectivity index (χ0n) is 9.62. The Kier molecular flexibility index (Phi) is 4.98. The number of benzene rings is 1. The molecule has 0 heterocycles. The fourth-order valence-corrected chi connectivity index (χ4v) is 1.99. The zero-order chi connectivity index (χ0) is 12.8. The lowest BCUT2D eigenvalue weighted by Crippen LogP contribution is -2.10. The highest BCUT2D eigenvalue weighted by molar-refractivity contribution is 9.10. The Morgan fingerprint density at radius 2 is 2.24 bits per heavy atom. The second-order valence-corrected chi connectivity index (χ2v) is 4.05. The summed E-state index contributed by atoms with van der Waals surface area (Å²) >= 11 is 3.31. The van der Waals surface area contributed by atoms with Crippen LogP contribution >= 0.6 is 15.9 Å². The minimum Gasteiger partial charge on any atom is -0.495 e. The second kappa shape index (κ2) is 6.26. The van der Waals surface area contributed by atoms with E-state index < -0.39 is 0 Å². The number of esters is 1. The van der Waals surface area contributed by atoms with Crippen molar-refractivity contribution in [1.82, 2.24) is 0 Å². The van der Waals surface area contributed by atoms with Gasteiger partial charge in [0.15, 0.2) is 0 Å². The van der Waals surface area contributed by atoms with Crippen molar-refractivity contribution < 1.29 is 14.3 Å². The molecule has 0 fully saturated rings. The summed E-state index contributed by atoms with van der Waals surface area (Å²) in [5.41, 5.74) is 0.959. The minimum absolute atomic E-state index is 0.0271. The van der Waals surface area contributed by atoms with Crippen LogP contribution < -0.4 is 4.74 Å². The third-order valence-electron chi connectivity index (χ3n) is 2.16. The van der Waals surface area contributed by atoms with E-state index in [9.17, 15) is 4.79 Å². The molecular weight excluding hydrogens is 286 g/mol. The van der Waals surface area contributed by atoms with E-state index in [1.807, 2.05) is 6.07 Å². The zero-order valence-corrected chi connectivity index (χ0v) is 11.2. The second-order valence-electron chi connectivity index (χ2n) is 3.20. The number of hydrogen-bond donors (Lipinski definition) is 0. The average Bonchev–Trinajstić information content (AvgIpc) is 2.30. The van der Waals surface area contributed by atoms with Crippen LogP contribution in [0.25, 0.3) is 0 Å². The van der Waals surface area contributed by atoms with Gasteiger partial charge in [0.05, 0.1) is 36.2 Å². The normalized spacial score (nSPS) is 9.53. The topological polar surface area (TPSA) is 59.3 Å². The first-order valence-corrected chi connectivity index (χ1v) is 5.84. The Labute approximate surface area is 108 Å². The van der Waals surface area contributed by atoms with Gasteiger partial charge in [0, 0.05) is 5.56 Å². The van der Waals surface area contributed by atoms with Gasteiger partial charge in [-0.25, -0.2) is 0 Å². The van der Waals surface area contributed by atoms with Crippen LogP contribution in [0.15, 0.2) is 16.6 Å². The van der Waals surface area contributed by atoms with Crippen molar-refractivity contribution in [1.29, 1.82) is 5.26 Å². The maximum Gasteiger partial charge on any atom is 0.310 e. The number of nitriles is 1. The van der Waals surface area contributed by atoms with E-state index in [0.29, 0.717) is 28.0 Å². The van der Waals surface area contributed by atoms with Gasteiger partial charge < -0.3 is 9.47 Å². The van der Waals surface area contributed by atoms with Gasteiger partial charge in [-0.05, 0) is 35.0 Å². The number of ether oxygens (including phenoxy) is 2. The first-order valence-electron chi connectivity index (χ1n) is 5.05. The van der Waals surface area contributed by atoms with Crippen LogP contribution in [0.2, 0.25) is 0 Å². The molecule has 0 aliphatic heterocycles. The Morgan fingerprint density at radius 1 is 1.53 bits per heavy atom. The van der Waals surface area contributed by atoms with E-state index in [-0.39, 0.29) is 12.4 Å². The molecule has 0 amide bonds. The van der Waals surface area contributed by atoms with Crippen molar-refractivity contribution in [3.8, 4) is 11.8 Å². The number of carbonyl (C=O) groups excluding carboxylic acids is 1. The van der Waals surface area contributed by atoms with Crippen molar-refractivity contribution in [2.24, 2.45) is 0 Å². The molecule has 0 radical (unpaired) electrons. The minimum atomic E-state index is -0.375. The molecule has 1 aromatic rings. The molecule has 17 heavy (non-hydrogen) atoms. The van der Waals surface area contributed by atoms with Gasteiger partial charge in [-0.3, -0.25) is 4.79 Å². The molecule has 0 atom stereocenters. The summed E-state index contributed by atoms with van der Waals surface area (Å²) in [7, 11) is 1.50. The molecular formula is C12H12BrNO3. The summed E-state index contributed by atoms with van der Waals surface area (Å²) in [5.74, 6) is 0.123. The summed E-state index contributed by atoms with van der Waals surface area (Å²) in [6, 6.07) is 5.39. The highest BCUT2D eigenvalue weighted by Crippen LogP contribution is 2.31. The molecule has 0 saturated carbocycles. The average molecular weight is 298 g/mol. The van der Waals surface area contributed by atoms with Gasteiger partial charge >= 0.3 is 5.97 Å². The summed E-state index contributed by atoms with van der Waals surface area (Å²) < 4.78 is 10.8. The molecule has 1 rings (SSSR count). The van der Waals surface area contributed by atoms with Crippen molar-refractivity contribution in [2.75, 3.05) is 13.7 Å². The van der Waals surface area contributed by atoms with Crippen LogP contribution in [0.4, 0.5) is 0 Å². The molecule has 0 aliphatic carbocycles. The Balaban J connectivity index is 3.15. The maximum atomic E-state index is 11.5. The smallest absolute Gasteiger partial charge is 0.310 e. The Morgan fingerprint density at radius 3 is 2.76 bits per heavy atom. The molecule has 90 valence electrons. The van der Waals surface area contributed by atoms with E-state index in [2.05, 4.69) is 15.9 Å². The lowest BCUT2D eigenvalue weighted by molar-refractivity contribution is -0.142. The summed E-state index contributed by atoms with van der Waals surface area (Å²) in [6.07, 6.45) is 0.0271. The Bertz CT molecular complexity index is 466. The molecule has 1 aromatic carbocycles. The summed E-state index contributed by atoms with van der Waals surface area (Å²) in [6.45, 7) is 2.05. The maximum absolute atomic E-state index is 11.5. The molecule has 0 bridgehead atoms. The molecule has 5 heteroatoms. The highest BCUT2D eigenvalue weighted by Gasteiger charge is 2.16. The van der Waals surface area contributed by atoms with E-state index in [0.717, 1.165) is 0 Å². The first-order chi connectivity index (χ1) is 8.13. The van der Waals surface area contributed by atoms with Crippen LogP contribution in [-0.2, 0) is 16.0 Å². The van der Waals surface area contributed by atoms with Crippen LogP contribution in [-0.4, -0.2) is 19.7 Å². The number of halogens is 1. The van der Waals surface area contributed by atoms with E-state index in [1.165, 1.54) is 7.11 Å². The van der Waals surface area contributed by atoms with Gasteiger partial charge in [0.1, 0.15) is 5.75 Å². The van der Waals surface area contributed by atoms with Crippen LogP contribution in [0.1, 0.15) is 18.1 Å². The van der Waals surface area contributed by atoms with E-state index in [1.54, 1.807) is 19.1 Å². The van der Waals surface area contributed by atoms with Gasteiger partial charge in [-0.15, -0.1) is 0 Å². The third kappa shape index (κ3) is 3.21. The predicted octanol–water partition coefficient (Wildman–Crippen LogP) is 2.43. The number of carbonyl (C=O) groups is 1. The van der Waals surface area contributed by atoms with Gasteiger partial charge in [0.25, 0.3) is 0 Å². The molecule has 0 N–H and O–H groups in total. The fraction of sp³-hybridized carbons (Fsp3) is 0.333. The SMILES string of the molecule is CCOC(=O)Cc1c(C#N)ccc(Br)c1OC. The number of methoxy groups -OCH3 is 1. The molecule has 0 spiro atoms. The quantitative estimate of drug-likeness (QED) is 0.801. The predicted molar refractivity (Wildman–Crippen MR) is 65.7 cm³/mol. The summed E-state index contributed by atoms with van der Waals surface area (Å²) in [4.78, 5) is 11.5. The number of rotatable bonds is 4. The number of hydrogen-bond acceptors (Lipinski definition) is 4. The fourth-order valence-electron chi connectivity index (χ4n) is 1.46. The van der Waals surface area contributed by atoms with Crippen LogP contribution in [0.3, 0.4) is 0 Å². The Hall–Kier alpha value is -1.54. The lowest BCUT2D eigenvalue weighted by Gasteiger charge is -2.11. The molecule has 0 unspecified atom stereocenters. The molecule has 0 aromatic heterocycles. The van der Waals surface area contributed by atoms with Crippen molar-refractivity contribution in [3.63, 3.8) is 0 Å². The van der Waals surface area contributed by atoms with E-state index in [4.69, 9.17) is 14.7 Å². The van der Waals surface area contributed by atoms with Crippen molar-refractivity contribution in [3.05, 3.63) is 27.7 Å². The van der Waals surface area contributed by atoms with Gasteiger partial charge in [-0.2, -0.15) is 5.26 Å².